The fraction of sp³-hybridized carbons (Fsp3) is 0.167. The molecule has 5 heteroatoms. The number of hydrogen-bond acceptors (Lipinski definition) is 3. The first-order valence-corrected chi connectivity index (χ1v) is 10.4. The van der Waals surface area contributed by atoms with Gasteiger partial charge in [-0.15, -0.1) is 11.3 Å². The molecule has 1 atom stereocenters. The van der Waals surface area contributed by atoms with E-state index in [1.54, 1.807) is 12.1 Å². The van der Waals surface area contributed by atoms with Crippen LogP contribution in [0, 0.1) is 6.92 Å². The van der Waals surface area contributed by atoms with Crippen LogP contribution in [0.3, 0.4) is 0 Å². The summed E-state index contributed by atoms with van der Waals surface area (Å²) in [6.45, 7) is 4.41. The van der Waals surface area contributed by atoms with E-state index < -0.39 is 0 Å². The lowest BCUT2D eigenvalue weighted by Crippen LogP contribution is -2.36. The Morgan fingerprint density at radius 2 is 1.72 bits per heavy atom. The summed E-state index contributed by atoms with van der Waals surface area (Å²) in [5, 5.41) is 7.67. The summed E-state index contributed by atoms with van der Waals surface area (Å²) in [5.74, 6) is -0.435. The second kappa shape index (κ2) is 9.85. The topological polar surface area (TPSA) is 58.2 Å². The molecule has 2 N–H and O–H groups in total. The number of thiophene rings is 1. The lowest BCUT2D eigenvalue weighted by Gasteiger charge is -2.15. The normalized spacial score (nSPS) is 12.3. The van der Waals surface area contributed by atoms with Crippen molar-refractivity contribution in [1.29, 1.82) is 0 Å². The van der Waals surface area contributed by atoms with E-state index in [4.69, 9.17) is 0 Å². The zero-order chi connectivity index (χ0) is 20.6. The molecule has 0 saturated carbocycles. The third-order valence-electron chi connectivity index (χ3n) is 4.65. The standard InChI is InChI=1S/C24H24N2O2S/c1-17-9-6-7-13-21(17)23(27)26-22(15-20-12-8-14-29-20)24(28)25-16-18(2)19-10-4-3-5-11-19/h3-15,18H,16H2,1-2H3,(H,25,28)(H,26,27)/b22-15-/t18-/m0/s1. The number of amides is 2. The predicted molar refractivity (Wildman–Crippen MR) is 119 cm³/mol. The molecular formula is C24H24N2O2S. The first kappa shape index (κ1) is 20.6. The van der Waals surface area contributed by atoms with Crippen LogP contribution in [0.1, 0.15) is 39.2 Å². The van der Waals surface area contributed by atoms with Gasteiger partial charge in [-0.2, -0.15) is 0 Å². The Bertz CT molecular complexity index is 995. The maximum atomic E-state index is 12.9. The summed E-state index contributed by atoms with van der Waals surface area (Å²) in [6, 6.07) is 21.2. The largest absolute Gasteiger partial charge is 0.350 e. The summed E-state index contributed by atoms with van der Waals surface area (Å²) in [7, 11) is 0. The SMILES string of the molecule is Cc1ccccc1C(=O)N/C(=C\c1cccs1)C(=O)NC[C@H](C)c1ccccc1. The molecule has 3 aromatic rings. The number of nitrogens with one attached hydrogen (secondary N) is 2. The van der Waals surface area contributed by atoms with Gasteiger partial charge >= 0.3 is 0 Å². The molecule has 0 unspecified atom stereocenters. The van der Waals surface area contributed by atoms with E-state index in [2.05, 4.69) is 17.6 Å². The van der Waals surface area contributed by atoms with Crippen LogP contribution in [0.5, 0.6) is 0 Å². The van der Waals surface area contributed by atoms with Gasteiger partial charge in [0.05, 0.1) is 0 Å². The zero-order valence-electron chi connectivity index (χ0n) is 16.5. The van der Waals surface area contributed by atoms with Gasteiger partial charge in [0.1, 0.15) is 5.70 Å². The molecule has 0 bridgehead atoms. The fourth-order valence-electron chi connectivity index (χ4n) is 2.93. The average Bonchev–Trinajstić information content (AvgIpc) is 3.25. The molecule has 1 heterocycles. The molecule has 2 aromatic carbocycles. The summed E-state index contributed by atoms with van der Waals surface area (Å²) >= 11 is 1.51. The molecule has 29 heavy (non-hydrogen) atoms. The molecule has 3 rings (SSSR count). The average molecular weight is 405 g/mol. The molecule has 0 aliphatic carbocycles. The van der Waals surface area contributed by atoms with Gasteiger partial charge in [-0.25, -0.2) is 0 Å². The van der Waals surface area contributed by atoms with Gasteiger partial charge in [0.2, 0.25) is 0 Å². The lowest BCUT2D eigenvalue weighted by atomic mass is 10.0. The van der Waals surface area contributed by atoms with Crippen LogP contribution in [0.4, 0.5) is 0 Å². The van der Waals surface area contributed by atoms with Gasteiger partial charge in [0, 0.05) is 17.0 Å². The fourth-order valence-corrected chi connectivity index (χ4v) is 3.59. The van der Waals surface area contributed by atoms with Crippen molar-refractivity contribution in [3.05, 3.63) is 99.4 Å². The van der Waals surface area contributed by atoms with Gasteiger partial charge in [-0.1, -0.05) is 61.5 Å². The Hall–Kier alpha value is -3.18. The second-order valence-corrected chi connectivity index (χ2v) is 7.84. The quantitative estimate of drug-likeness (QED) is 0.559. The van der Waals surface area contributed by atoms with Crippen molar-refractivity contribution in [2.45, 2.75) is 19.8 Å². The van der Waals surface area contributed by atoms with Gasteiger partial charge in [-0.3, -0.25) is 9.59 Å². The molecule has 0 spiro atoms. The molecule has 0 fully saturated rings. The second-order valence-electron chi connectivity index (χ2n) is 6.86. The molecule has 0 aliphatic heterocycles. The maximum absolute atomic E-state index is 12.9. The van der Waals surface area contributed by atoms with E-state index >= 15 is 0 Å². The van der Waals surface area contributed by atoms with Crippen molar-refractivity contribution in [2.75, 3.05) is 6.54 Å². The van der Waals surface area contributed by atoms with Gasteiger partial charge in [-0.05, 0) is 47.6 Å². The van der Waals surface area contributed by atoms with Gasteiger partial charge < -0.3 is 10.6 Å². The number of carbonyl (C=O) groups is 2. The number of benzene rings is 2. The van der Waals surface area contributed by atoms with Crippen LogP contribution in [0.2, 0.25) is 0 Å². The minimum Gasteiger partial charge on any atom is -0.350 e. The summed E-state index contributed by atoms with van der Waals surface area (Å²) in [6.07, 6.45) is 1.71. The molecule has 4 nitrogen and oxygen atoms in total. The summed E-state index contributed by atoms with van der Waals surface area (Å²) in [5.41, 5.74) is 2.80. The van der Waals surface area contributed by atoms with E-state index in [1.807, 2.05) is 73.0 Å². The molecular weight excluding hydrogens is 380 g/mol. The van der Waals surface area contributed by atoms with Crippen molar-refractivity contribution >= 4 is 29.2 Å². The van der Waals surface area contributed by atoms with Crippen LogP contribution in [0.25, 0.3) is 6.08 Å². The third kappa shape index (κ3) is 5.65. The van der Waals surface area contributed by atoms with E-state index in [9.17, 15) is 9.59 Å². The minimum atomic E-state index is -0.303. The maximum Gasteiger partial charge on any atom is 0.267 e. The number of aryl methyl sites for hydroxylation is 1. The summed E-state index contributed by atoms with van der Waals surface area (Å²) < 4.78 is 0. The van der Waals surface area contributed by atoms with Crippen molar-refractivity contribution in [3.63, 3.8) is 0 Å². The monoisotopic (exact) mass is 404 g/mol. The van der Waals surface area contributed by atoms with E-state index in [1.165, 1.54) is 11.3 Å². The van der Waals surface area contributed by atoms with E-state index in [-0.39, 0.29) is 23.4 Å². The van der Waals surface area contributed by atoms with Crippen LogP contribution >= 0.6 is 11.3 Å². The molecule has 0 saturated heterocycles. The van der Waals surface area contributed by atoms with Crippen molar-refractivity contribution in [1.82, 2.24) is 10.6 Å². The predicted octanol–water partition coefficient (Wildman–Crippen LogP) is 4.75. The van der Waals surface area contributed by atoms with E-state index in [0.29, 0.717) is 12.1 Å². The highest BCUT2D eigenvalue weighted by Crippen LogP contribution is 2.16. The van der Waals surface area contributed by atoms with Crippen LogP contribution in [-0.4, -0.2) is 18.4 Å². The number of hydrogen-bond donors (Lipinski definition) is 2. The van der Waals surface area contributed by atoms with Gasteiger partial charge in [0.25, 0.3) is 11.8 Å². The molecule has 0 radical (unpaired) electrons. The Kier molecular flexibility index (Phi) is 6.98. The number of carbonyl (C=O) groups excluding carboxylic acids is 2. The van der Waals surface area contributed by atoms with Crippen LogP contribution in [0.15, 0.2) is 77.8 Å². The van der Waals surface area contributed by atoms with Crippen molar-refractivity contribution in [3.8, 4) is 0 Å². The Labute approximate surface area is 175 Å². The van der Waals surface area contributed by atoms with Crippen molar-refractivity contribution in [2.24, 2.45) is 0 Å². The Morgan fingerprint density at radius 1 is 1.00 bits per heavy atom. The van der Waals surface area contributed by atoms with Crippen LogP contribution < -0.4 is 10.6 Å². The highest BCUT2D eigenvalue weighted by molar-refractivity contribution is 7.10. The van der Waals surface area contributed by atoms with Crippen molar-refractivity contribution < 1.29 is 9.59 Å². The Morgan fingerprint density at radius 3 is 2.41 bits per heavy atom. The first-order chi connectivity index (χ1) is 14.0. The zero-order valence-corrected chi connectivity index (χ0v) is 17.3. The molecule has 1 aromatic heterocycles. The third-order valence-corrected chi connectivity index (χ3v) is 5.47. The minimum absolute atomic E-state index is 0.162. The smallest absolute Gasteiger partial charge is 0.267 e. The molecule has 2 amide bonds. The Balaban J connectivity index is 1.74. The highest BCUT2D eigenvalue weighted by Gasteiger charge is 2.17. The van der Waals surface area contributed by atoms with E-state index in [0.717, 1.165) is 16.0 Å². The summed E-state index contributed by atoms with van der Waals surface area (Å²) in [4.78, 5) is 26.5. The lowest BCUT2D eigenvalue weighted by molar-refractivity contribution is -0.117. The van der Waals surface area contributed by atoms with Crippen LogP contribution in [-0.2, 0) is 4.79 Å². The first-order valence-electron chi connectivity index (χ1n) is 9.50. The van der Waals surface area contributed by atoms with Gasteiger partial charge in [0.15, 0.2) is 0 Å². The highest BCUT2D eigenvalue weighted by atomic mass is 32.1. The number of rotatable bonds is 7. The molecule has 148 valence electrons. The molecule has 0 aliphatic rings.